The van der Waals surface area contributed by atoms with Crippen molar-refractivity contribution in [2.75, 3.05) is 19.0 Å². The minimum absolute atomic E-state index is 0.0829. The average molecular weight is 244 g/mol. The Morgan fingerprint density at radius 2 is 1.75 bits per heavy atom. The van der Waals surface area contributed by atoms with E-state index in [1.807, 2.05) is 14.1 Å². The molecule has 0 fully saturated rings. The highest BCUT2D eigenvalue weighted by Crippen LogP contribution is 2.15. The number of amides is 1. The van der Waals surface area contributed by atoms with Gasteiger partial charge < -0.3 is 10.0 Å². The van der Waals surface area contributed by atoms with Crippen LogP contribution in [0.15, 0.2) is 29.2 Å². The van der Waals surface area contributed by atoms with Crippen LogP contribution in [0, 0.1) is 0 Å². The highest BCUT2D eigenvalue weighted by Gasteiger charge is 2.16. The fourth-order valence-corrected chi connectivity index (χ4v) is 1.94. The van der Waals surface area contributed by atoms with Gasteiger partial charge in [0.1, 0.15) is 0 Å². The van der Waals surface area contributed by atoms with Crippen LogP contribution in [0.3, 0.4) is 0 Å². The van der Waals surface area contributed by atoms with Gasteiger partial charge in [0.05, 0.1) is 4.90 Å². The summed E-state index contributed by atoms with van der Waals surface area (Å²) in [5.74, 6) is 0. The first-order valence-corrected chi connectivity index (χ1v) is 5.84. The second-order valence-electron chi connectivity index (χ2n) is 3.30. The van der Waals surface area contributed by atoms with Crippen LogP contribution in [0.25, 0.3) is 0 Å². The SMILES string of the molecule is CN(C)c1ccc(S(=O)(=O)NC(=O)O)cc1. The molecule has 16 heavy (non-hydrogen) atoms. The molecular weight excluding hydrogens is 232 g/mol. The van der Waals surface area contributed by atoms with E-state index < -0.39 is 16.1 Å². The Morgan fingerprint density at radius 3 is 2.12 bits per heavy atom. The summed E-state index contributed by atoms with van der Waals surface area (Å²) in [7, 11) is -0.333. The van der Waals surface area contributed by atoms with Crippen molar-refractivity contribution in [1.82, 2.24) is 4.72 Å². The van der Waals surface area contributed by atoms with E-state index in [0.717, 1.165) is 5.69 Å². The number of sulfonamides is 1. The molecule has 0 aromatic heterocycles. The zero-order chi connectivity index (χ0) is 12.3. The second kappa shape index (κ2) is 4.40. The number of nitrogens with one attached hydrogen (secondary N) is 1. The third-order valence-electron chi connectivity index (χ3n) is 1.89. The van der Waals surface area contributed by atoms with E-state index in [1.54, 1.807) is 17.0 Å². The third-order valence-corrected chi connectivity index (χ3v) is 3.22. The molecule has 6 nitrogen and oxygen atoms in total. The second-order valence-corrected chi connectivity index (χ2v) is 4.98. The molecule has 0 aliphatic carbocycles. The number of carbonyl (C=O) groups is 1. The molecule has 2 N–H and O–H groups in total. The molecule has 0 aliphatic heterocycles. The average Bonchev–Trinajstić information content (AvgIpc) is 2.16. The van der Waals surface area contributed by atoms with Crippen molar-refractivity contribution < 1.29 is 18.3 Å². The van der Waals surface area contributed by atoms with Crippen LogP contribution in [-0.2, 0) is 10.0 Å². The van der Waals surface area contributed by atoms with Crippen LogP contribution in [0.5, 0.6) is 0 Å². The Kier molecular flexibility index (Phi) is 3.38. The molecule has 7 heteroatoms. The van der Waals surface area contributed by atoms with Gasteiger partial charge in [-0.15, -0.1) is 0 Å². The molecule has 0 aliphatic rings. The number of carboxylic acid groups (broad SMARTS) is 1. The first-order valence-electron chi connectivity index (χ1n) is 4.36. The van der Waals surface area contributed by atoms with E-state index in [-0.39, 0.29) is 4.90 Å². The molecule has 0 radical (unpaired) electrons. The topological polar surface area (TPSA) is 86.7 Å². The van der Waals surface area contributed by atoms with Crippen molar-refractivity contribution in [3.63, 3.8) is 0 Å². The van der Waals surface area contributed by atoms with Crippen LogP contribution in [0.4, 0.5) is 10.5 Å². The van der Waals surface area contributed by atoms with Crippen LogP contribution >= 0.6 is 0 Å². The van der Waals surface area contributed by atoms with Crippen molar-refractivity contribution in [3.05, 3.63) is 24.3 Å². The van der Waals surface area contributed by atoms with Crippen molar-refractivity contribution >= 4 is 21.8 Å². The lowest BCUT2D eigenvalue weighted by Crippen LogP contribution is -2.28. The largest absolute Gasteiger partial charge is 0.464 e. The van der Waals surface area contributed by atoms with Gasteiger partial charge >= 0.3 is 6.09 Å². The van der Waals surface area contributed by atoms with Gasteiger partial charge in [0.15, 0.2) is 0 Å². The lowest BCUT2D eigenvalue weighted by atomic mass is 10.3. The predicted octanol–water partition coefficient (Wildman–Crippen LogP) is 0.709. The summed E-state index contributed by atoms with van der Waals surface area (Å²) in [6.45, 7) is 0. The fraction of sp³-hybridized carbons (Fsp3) is 0.222. The Hall–Kier alpha value is -1.76. The number of hydrogen-bond acceptors (Lipinski definition) is 4. The summed E-state index contributed by atoms with van der Waals surface area (Å²) in [5.41, 5.74) is 0.828. The van der Waals surface area contributed by atoms with E-state index in [0.29, 0.717) is 0 Å². The summed E-state index contributed by atoms with van der Waals surface area (Å²) in [4.78, 5) is 12.0. The van der Waals surface area contributed by atoms with E-state index >= 15 is 0 Å². The Balaban J connectivity index is 3.02. The highest BCUT2D eigenvalue weighted by molar-refractivity contribution is 7.90. The molecular formula is C9H12N2O4S. The lowest BCUT2D eigenvalue weighted by molar-refractivity contribution is 0.201. The van der Waals surface area contributed by atoms with Crippen LogP contribution in [0.2, 0.25) is 0 Å². The Labute approximate surface area is 93.6 Å². The van der Waals surface area contributed by atoms with Gasteiger partial charge in [0.2, 0.25) is 0 Å². The van der Waals surface area contributed by atoms with Crippen molar-refractivity contribution in [1.29, 1.82) is 0 Å². The van der Waals surface area contributed by atoms with Crippen LogP contribution in [0.1, 0.15) is 0 Å². The van der Waals surface area contributed by atoms with Gasteiger partial charge in [0, 0.05) is 19.8 Å². The van der Waals surface area contributed by atoms with E-state index in [1.165, 1.54) is 16.9 Å². The van der Waals surface area contributed by atoms with Crippen LogP contribution in [-0.4, -0.2) is 33.7 Å². The molecule has 0 saturated carbocycles. The summed E-state index contributed by atoms with van der Waals surface area (Å²) in [6.07, 6.45) is -1.60. The number of anilines is 1. The van der Waals surface area contributed by atoms with Gasteiger partial charge in [-0.1, -0.05) is 0 Å². The lowest BCUT2D eigenvalue weighted by Gasteiger charge is -2.12. The highest BCUT2D eigenvalue weighted by atomic mass is 32.2. The number of hydrogen-bond donors (Lipinski definition) is 2. The molecule has 0 heterocycles. The molecule has 1 aromatic carbocycles. The first-order chi connectivity index (χ1) is 7.33. The summed E-state index contributed by atoms with van der Waals surface area (Å²) >= 11 is 0. The van der Waals surface area contributed by atoms with Gasteiger partial charge in [-0.2, -0.15) is 0 Å². The molecule has 0 bridgehead atoms. The van der Waals surface area contributed by atoms with Gasteiger partial charge in [-0.25, -0.2) is 17.9 Å². The smallest absolute Gasteiger partial charge is 0.418 e. The maximum absolute atomic E-state index is 11.4. The molecule has 88 valence electrons. The maximum atomic E-state index is 11.4. The van der Waals surface area contributed by atoms with Crippen molar-refractivity contribution in [2.45, 2.75) is 4.90 Å². The predicted molar refractivity (Wildman–Crippen MR) is 59.1 cm³/mol. The summed E-state index contributed by atoms with van der Waals surface area (Å²) in [6, 6.07) is 5.88. The van der Waals surface area contributed by atoms with Crippen LogP contribution < -0.4 is 9.62 Å². The van der Waals surface area contributed by atoms with Gasteiger partial charge in [-0.3, -0.25) is 0 Å². The summed E-state index contributed by atoms with van der Waals surface area (Å²) < 4.78 is 24.3. The molecule has 0 unspecified atom stereocenters. The molecule has 0 atom stereocenters. The Morgan fingerprint density at radius 1 is 1.25 bits per heavy atom. The Bertz CT molecular complexity index is 479. The van der Waals surface area contributed by atoms with E-state index in [2.05, 4.69) is 0 Å². The minimum atomic E-state index is -3.97. The van der Waals surface area contributed by atoms with Crippen molar-refractivity contribution in [2.24, 2.45) is 0 Å². The zero-order valence-corrected chi connectivity index (χ0v) is 9.65. The van der Waals surface area contributed by atoms with Crippen molar-refractivity contribution in [3.8, 4) is 0 Å². The quantitative estimate of drug-likeness (QED) is 0.817. The van der Waals surface area contributed by atoms with Gasteiger partial charge in [-0.05, 0) is 24.3 Å². The van der Waals surface area contributed by atoms with Gasteiger partial charge in [0.25, 0.3) is 10.0 Å². The monoisotopic (exact) mass is 244 g/mol. The number of benzene rings is 1. The minimum Gasteiger partial charge on any atom is -0.464 e. The summed E-state index contributed by atoms with van der Waals surface area (Å²) in [5, 5.41) is 8.35. The third kappa shape index (κ3) is 2.86. The molecule has 0 spiro atoms. The molecule has 0 saturated heterocycles. The normalized spacial score (nSPS) is 10.9. The molecule has 1 aromatic rings. The first kappa shape index (κ1) is 12.3. The maximum Gasteiger partial charge on any atom is 0.418 e. The standard InChI is InChI=1S/C9H12N2O4S/c1-11(2)7-3-5-8(6-4-7)16(14,15)10-9(12)13/h3-6,10H,1-2H3,(H,12,13). The fourth-order valence-electron chi connectivity index (χ4n) is 1.10. The zero-order valence-electron chi connectivity index (χ0n) is 8.84. The number of nitrogens with zero attached hydrogens (tertiary/aromatic N) is 1. The van der Waals surface area contributed by atoms with E-state index in [9.17, 15) is 13.2 Å². The number of rotatable bonds is 3. The molecule has 1 amide bonds. The molecule has 1 rings (SSSR count). The van der Waals surface area contributed by atoms with E-state index in [4.69, 9.17) is 5.11 Å².